The number of hydrogen-bond acceptors (Lipinski definition) is 5. The van der Waals surface area contributed by atoms with Crippen molar-refractivity contribution in [2.75, 3.05) is 19.1 Å². The summed E-state index contributed by atoms with van der Waals surface area (Å²) in [4.78, 5) is 38.0. The third-order valence-electron chi connectivity index (χ3n) is 3.95. The Bertz CT molecular complexity index is 1000. The van der Waals surface area contributed by atoms with Crippen LogP contribution in [-0.4, -0.2) is 32.1 Å². The first-order valence-electron chi connectivity index (χ1n) is 7.94. The molecule has 1 heterocycles. The summed E-state index contributed by atoms with van der Waals surface area (Å²) in [6.07, 6.45) is 1.33. The Kier molecular flexibility index (Phi) is 5.46. The van der Waals surface area contributed by atoms with Crippen molar-refractivity contribution in [3.63, 3.8) is 0 Å². The molecule has 0 spiro atoms. The second-order valence-electron chi connectivity index (χ2n) is 5.67. The minimum absolute atomic E-state index is 0.135. The van der Waals surface area contributed by atoms with Crippen molar-refractivity contribution in [1.82, 2.24) is 5.32 Å². The molecule has 0 unspecified atom stereocenters. The molecule has 0 atom stereocenters. The second kappa shape index (κ2) is 7.81. The number of methoxy groups -OCH3 is 2. The van der Waals surface area contributed by atoms with E-state index in [1.54, 1.807) is 12.1 Å². The number of nitrogens with one attached hydrogen (secondary N) is 1. The Labute approximate surface area is 167 Å². The molecule has 0 bridgehead atoms. The van der Waals surface area contributed by atoms with Crippen LogP contribution in [0.5, 0.6) is 11.5 Å². The lowest BCUT2D eigenvalue weighted by Gasteiger charge is -2.26. The van der Waals surface area contributed by atoms with Gasteiger partial charge in [0, 0.05) is 0 Å². The van der Waals surface area contributed by atoms with E-state index in [9.17, 15) is 18.8 Å². The Hall–Kier alpha value is -3.20. The first-order valence-corrected chi connectivity index (χ1v) is 8.73. The van der Waals surface area contributed by atoms with E-state index in [2.05, 4.69) is 21.2 Å². The molecule has 4 amide bonds. The van der Waals surface area contributed by atoms with Gasteiger partial charge in [-0.2, -0.15) is 0 Å². The van der Waals surface area contributed by atoms with E-state index in [1.165, 1.54) is 32.4 Å². The molecule has 1 aliphatic rings. The summed E-state index contributed by atoms with van der Waals surface area (Å²) in [6.45, 7) is 0. The summed E-state index contributed by atoms with van der Waals surface area (Å²) in [5, 5.41) is 2.11. The van der Waals surface area contributed by atoms with E-state index in [4.69, 9.17) is 9.47 Å². The van der Waals surface area contributed by atoms with Crippen LogP contribution in [0.15, 0.2) is 46.4 Å². The van der Waals surface area contributed by atoms with E-state index >= 15 is 0 Å². The molecule has 1 aliphatic heterocycles. The Morgan fingerprint density at radius 3 is 2.36 bits per heavy atom. The summed E-state index contributed by atoms with van der Waals surface area (Å²) in [7, 11) is 2.93. The Morgan fingerprint density at radius 2 is 1.75 bits per heavy atom. The minimum Gasteiger partial charge on any atom is -0.493 e. The molecule has 28 heavy (non-hydrogen) atoms. The number of amides is 4. The van der Waals surface area contributed by atoms with E-state index in [1.807, 2.05) is 0 Å². The van der Waals surface area contributed by atoms with Gasteiger partial charge in [0.25, 0.3) is 11.8 Å². The van der Waals surface area contributed by atoms with E-state index in [0.29, 0.717) is 21.5 Å². The maximum Gasteiger partial charge on any atom is 0.335 e. The highest BCUT2D eigenvalue weighted by molar-refractivity contribution is 9.10. The summed E-state index contributed by atoms with van der Waals surface area (Å²) >= 11 is 3.34. The molecule has 1 N–H and O–H groups in total. The zero-order valence-corrected chi connectivity index (χ0v) is 16.4. The van der Waals surface area contributed by atoms with Crippen LogP contribution in [-0.2, 0) is 9.59 Å². The molecule has 1 fully saturated rings. The fourth-order valence-corrected chi connectivity index (χ4v) is 3.29. The number of anilines is 1. The maximum absolute atomic E-state index is 13.1. The number of halogens is 2. The van der Waals surface area contributed by atoms with Gasteiger partial charge >= 0.3 is 6.03 Å². The van der Waals surface area contributed by atoms with Gasteiger partial charge in [-0.05, 0) is 64.0 Å². The van der Waals surface area contributed by atoms with Crippen LogP contribution in [0, 0.1) is 5.82 Å². The molecule has 0 saturated carbocycles. The lowest BCUT2D eigenvalue weighted by molar-refractivity contribution is -0.122. The number of barbiturate groups is 1. The number of nitrogens with zero attached hydrogens (tertiary/aromatic N) is 1. The fourth-order valence-electron chi connectivity index (χ4n) is 2.67. The number of carbonyl (C=O) groups excluding carboxylic acids is 3. The molecule has 0 radical (unpaired) electrons. The first-order chi connectivity index (χ1) is 13.3. The van der Waals surface area contributed by atoms with Gasteiger partial charge in [0.05, 0.1) is 24.4 Å². The third kappa shape index (κ3) is 3.61. The van der Waals surface area contributed by atoms with Crippen LogP contribution in [0.3, 0.4) is 0 Å². The minimum atomic E-state index is -0.910. The third-order valence-corrected chi connectivity index (χ3v) is 4.54. The van der Waals surface area contributed by atoms with Crippen LogP contribution in [0.2, 0.25) is 0 Å². The van der Waals surface area contributed by atoms with Gasteiger partial charge in [0.2, 0.25) is 0 Å². The van der Waals surface area contributed by atoms with Crippen LogP contribution in [0.25, 0.3) is 6.08 Å². The summed E-state index contributed by atoms with van der Waals surface area (Å²) < 4.78 is 24.2. The molecule has 9 heteroatoms. The quantitative estimate of drug-likeness (QED) is 0.572. The molecular formula is C19H14BrFN2O5. The number of benzene rings is 2. The van der Waals surface area contributed by atoms with Gasteiger partial charge in [0.15, 0.2) is 11.5 Å². The lowest BCUT2D eigenvalue weighted by atomic mass is 10.1. The summed E-state index contributed by atoms with van der Waals surface area (Å²) in [6, 6.07) is 7.07. The van der Waals surface area contributed by atoms with Gasteiger partial charge in [-0.25, -0.2) is 14.1 Å². The van der Waals surface area contributed by atoms with Crippen LogP contribution < -0.4 is 19.7 Å². The van der Waals surface area contributed by atoms with Crippen molar-refractivity contribution < 1.29 is 28.2 Å². The predicted octanol–water partition coefficient (Wildman–Crippen LogP) is 3.27. The monoisotopic (exact) mass is 448 g/mol. The van der Waals surface area contributed by atoms with Gasteiger partial charge in [-0.3, -0.25) is 14.9 Å². The standard InChI is InChI=1S/C19H14BrFN2O5/c1-27-15-9-10(8-14(20)16(15)28-2)7-13-17(24)22-19(26)23(18(13)25)12-5-3-11(21)4-6-12/h3-9H,1-2H3,(H,22,24,26)/b13-7+. The zero-order valence-electron chi connectivity index (χ0n) is 14.8. The molecule has 7 nitrogen and oxygen atoms in total. The largest absolute Gasteiger partial charge is 0.493 e. The maximum atomic E-state index is 13.1. The van der Waals surface area contributed by atoms with Gasteiger partial charge < -0.3 is 9.47 Å². The molecule has 1 saturated heterocycles. The Balaban J connectivity index is 2.04. The van der Waals surface area contributed by atoms with E-state index < -0.39 is 23.7 Å². The fraction of sp³-hybridized carbons (Fsp3) is 0.105. The van der Waals surface area contributed by atoms with Gasteiger partial charge in [0.1, 0.15) is 11.4 Å². The molecule has 0 aliphatic carbocycles. The molecule has 2 aromatic rings. The Morgan fingerprint density at radius 1 is 1.07 bits per heavy atom. The molecule has 144 valence electrons. The predicted molar refractivity (Wildman–Crippen MR) is 103 cm³/mol. The van der Waals surface area contributed by atoms with Crippen molar-refractivity contribution in [3.8, 4) is 11.5 Å². The van der Waals surface area contributed by atoms with E-state index in [0.717, 1.165) is 17.0 Å². The van der Waals surface area contributed by atoms with Crippen molar-refractivity contribution in [1.29, 1.82) is 0 Å². The van der Waals surface area contributed by atoms with Crippen molar-refractivity contribution >= 4 is 45.5 Å². The highest BCUT2D eigenvalue weighted by Gasteiger charge is 2.36. The number of imide groups is 2. The number of urea groups is 1. The van der Waals surface area contributed by atoms with E-state index in [-0.39, 0.29) is 11.3 Å². The average molecular weight is 449 g/mol. The number of ether oxygens (including phenoxy) is 2. The van der Waals surface area contributed by atoms with Crippen molar-refractivity contribution in [2.45, 2.75) is 0 Å². The normalized spacial score (nSPS) is 15.6. The van der Waals surface area contributed by atoms with Gasteiger partial charge in [-0.1, -0.05) is 0 Å². The summed E-state index contributed by atoms with van der Waals surface area (Å²) in [5.74, 6) is -1.34. The molecular weight excluding hydrogens is 435 g/mol. The molecule has 0 aromatic heterocycles. The SMILES string of the molecule is COc1cc(/C=C2\C(=O)NC(=O)N(c3ccc(F)cc3)C2=O)cc(Br)c1OC. The first kappa shape index (κ1) is 19.6. The number of carbonyl (C=O) groups is 3. The van der Waals surface area contributed by atoms with Crippen LogP contribution in [0.1, 0.15) is 5.56 Å². The van der Waals surface area contributed by atoms with Crippen molar-refractivity contribution in [3.05, 3.63) is 57.8 Å². The molecule has 2 aromatic carbocycles. The zero-order chi connectivity index (χ0) is 20.4. The highest BCUT2D eigenvalue weighted by atomic mass is 79.9. The topological polar surface area (TPSA) is 84.9 Å². The summed E-state index contributed by atoms with van der Waals surface area (Å²) in [5.41, 5.74) is 0.343. The van der Waals surface area contributed by atoms with Gasteiger partial charge in [-0.15, -0.1) is 0 Å². The van der Waals surface area contributed by atoms with Crippen LogP contribution in [0.4, 0.5) is 14.9 Å². The second-order valence-corrected chi connectivity index (χ2v) is 6.53. The molecule has 3 rings (SSSR count). The van der Waals surface area contributed by atoms with Crippen molar-refractivity contribution in [2.24, 2.45) is 0 Å². The smallest absolute Gasteiger partial charge is 0.335 e. The lowest BCUT2D eigenvalue weighted by Crippen LogP contribution is -2.54. The van der Waals surface area contributed by atoms with Crippen LogP contribution >= 0.6 is 15.9 Å². The average Bonchev–Trinajstić information content (AvgIpc) is 2.66. The number of hydrogen-bond donors (Lipinski definition) is 1. The highest BCUT2D eigenvalue weighted by Crippen LogP contribution is 2.37. The number of rotatable bonds is 4.